The molecular formula is C19H19ClN2O3. The Morgan fingerprint density at radius 2 is 1.96 bits per heavy atom. The van der Waals surface area contributed by atoms with Crippen LogP contribution in [0, 0.1) is 0 Å². The molecule has 0 bridgehead atoms. The number of amides is 2. The smallest absolute Gasteiger partial charge is 0.233 e. The van der Waals surface area contributed by atoms with E-state index < -0.39 is 0 Å². The maximum absolute atomic E-state index is 12.4. The van der Waals surface area contributed by atoms with Crippen LogP contribution in [0.15, 0.2) is 42.5 Å². The molecule has 0 radical (unpaired) electrons. The van der Waals surface area contributed by atoms with Crippen molar-refractivity contribution < 1.29 is 14.3 Å². The number of methoxy groups -OCH3 is 1. The van der Waals surface area contributed by atoms with E-state index in [9.17, 15) is 9.59 Å². The van der Waals surface area contributed by atoms with Gasteiger partial charge >= 0.3 is 0 Å². The minimum Gasteiger partial charge on any atom is -0.495 e. The first-order valence-electron chi connectivity index (χ1n) is 8.05. The highest BCUT2D eigenvalue weighted by molar-refractivity contribution is 6.32. The Hall–Kier alpha value is -2.53. The summed E-state index contributed by atoms with van der Waals surface area (Å²) in [7, 11) is 1.52. The highest BCUT2D eigenvalue weighted by atomic mass is 35.5. The van der Waals surface area contributed by atoms with E-state index >= 15 is 0 Å². The van der Waals surface area contributed by atoms with Gasteiger partial charge < -0.3 is 15.0 Å². The number of nitrogens with zero attached hydrogens (tertiary/aromatic N) is 1. The summed E-state index contributed by atoms with van der Waals surface area (Å²) >= 11 is 6.04. The van der Waals surface area contributed by atoms with Crippen LogP contribution >= 0.6 is 11.6 Å². The first-order valence-corrected chi connectivity index (χ1v) is 8.42. The Morgan fingerprint density at radius 3 is 2.68 bits per heavy atom. The average molecular weight is 359 g/mol. The maximum atomic E-state index is 12.4. The fourth-order valence-corrected chi connectivity index (χ4v) is 3.16. The number of hydrogen-bond donors (Lipinski definition) is 1. The number of fused-ring (bicyclic) bond motifs is 1. The minimum atomic E-state index is -0.356. The van der Waals surface area contributed by atoms with Gasteiger partial charge in [-0.15, -0.1) is 0 Å². The van der Waals surface area contributed by atoms with E-state index in [4.69, 9.17) is 16.3 Å². The molecule has 1 aliphatic heterocycles. The van der Waals surface area contributed by atoms with Crippen molar-refractivity contribution in [3.05, 3.63) is 58.6 Å². The van der Waals surface area contributed by atoms with E-state index in [1.54, 1.807) is 23.1 Å². The molecule has 0 aliphatic carbocycles. The third-order valence-corrected chi connectivity index (χ3v) is 4.53. The largest absolute Gasteiger partial charge is 0.495 e. The van der Waals surface area contributed by atoms with Crippen LogP contribution in [0.3, 0.4) is 0 Å². The number of hydrogen-bond acceptors (Lipinski definition) is 3. The lowest BCUT2D eigenvalue weighted by Gasteiger charge is -2.28. The Labute approximate surface area is 151 Å². The van der Waals surface area contributed by atoms with Crippen molar-refractivity contribution in [2.24, 2.45) is 0 Å². The number of halogens is 1. The molecule has 0 spiro atoms. The van der Waals surface area contributed by atoms with E-state index in [2.05, 4.69) is 11.4 Å². The first kappa shape index (κ1) is 17.3. The summed E-state index contributed by atoms with van der Waals surface area (Å²) in [6.07, 6.45) is 0.628. The molecule has 6 heteroatoms. The van der Waals surface area contributed by atoms with Gasteiger partial charge in [-0.3, -0.25) is 9.59 Å². The van der Waals surface area contributed by atoms with Crippen LogP contribution < -0.4 is 10.1 Å². The number of nitrogens with one attached hydrogen (secondary N) is 1. The van der Waals surface area contributed by atoms with Crippen LogP contribution in [-0.4, -0.2) is 30.4 Å². The summed E-state index contributed by atoms with van der Waals surface area (Å²) in [6.45, 7) is 1.19. The van der Waals surface area contributed by atoms with Gasteiger partial charge in [0.1, 0.15) is 12.2 Å². The van der Waals surface area contributed by atoms with Crippen LogP contribution in [0.1, 0.15) is 17.5 Å². The van der Waals surface area contributed by atoms with Gasteiger partial charge in [0.2, 0.25) is 11.8 Å². The van der Waals surface area contributed by atoms with Gasteiger partial charge in [0.25, 0.3) is 0 Å². The predicted octanol–water partition coefficient (Wildman–Crippen LogP) is 3.26. The van der Waals surface area contributed by atoms with Gasteiger partial charge in [0.15, 0.2) is 0 Å². The molecule has 25 heavy (non-hydrogen) atoms. The molecule has 130 valence electrons. The number of carbonyl (C=O) groups excluding carboxylic acids is 2. The third kappa shape index (κ3) is 4.12. The average Bonchev–Trinajstić information content (AvgIpc) is 2.61. The molecule has 2 amide bonds. The van der Waals surface area contributed by atoms with Gasteiger partial charge in [-0.1, -0.05) is 35.9 Å². The van der Waals surface area contributed by atoms with Crippen molar-refractivity contribution in [1.29, 1.82) is 0 Å². The van der Waals surface area contributed by atoms with Crippen LogP contribution in [-0.2, 0) is 22.6 Å². The summed E-state index contributed by atoms with van der Waals surface area (Å²) in [4.78, 5) is 26.3. The van der Waals surface area contributed by atoms with Gasteiger partial charge in [-0.25, -0.2) is 0 Å². The van der Waals surface area contributed by atoms with Crippen molar-refractivity contribution in [1.82, 2.24) is 4.90 Å². The molecule has 1 aliphatic rings. The van der Waals surface area contributed by atoms with Crippen molar-refractivity contribution >= 4 is 29.1 Å². The summed E-state index contributed by atoms with van der Waals surface area (Å²) in [5.74, 6) is -0.000530. The standard InChI is InChI=1S/C19H19ClN2O3/c1-25-17-7-6-15(10-16(17)20)21-18(23)11-19(24)22-9-8-13-4-2-3-5-14(13)12-22/h2-7,10H,8-9,11-12H2,1H3,(H,21,23). The highest BCUT2D eigenvalue weighted by Gasteiger charge is 2.22. The van der Waals surface area contributed by atoms with Crippen molar-refractivity contribution in [2.45, 2.75) is 19.4 Å². The number of benzene rings is 2. The van der Waals surface area contributed by atoms with Crippen molar-refractivity contribution in [3.8, 4) is 5.75 Å². The van der Waals surface area contributed by atoms with Gasteiger partial charge in [-0.05, 0) is 35.7 Å². The molecule has 0 atom stereocenters. The third-order valence-electron chi connectivity index (χ3n) is 4.23. The van der Waals surface area contributed by atoms with E-state index in [0.29, 0.717) is 29.5 Å². The lowest BCUT2D eigenvalue weighted by Crippen LogP contribution is -2.37. The lowest BCUT2D eigenvalue weighted by atomic mass is 10.00. The second-order valence-corrected chi connectivity index (χ2v) is 6.32. The van der Waals surface area contributed by atoms with E-state index in [0.717, 1.165) is 12.0 Å². The molecule has 0 saturated heterocycles. The minimum absolute atomic E-state index is 0.174. The topological polar surface area (TPSA) is 58.6 Å². The molecule has 1 heterocycles. The molecule has 2 aromatic carbocycles. The lowest BCUT2D eigenvalue weighted by molar-refractivity contribution is -0.135. The quantitative estimate of drug-likeness (QED) is 0.853. The van der Waals surface area contributed by atoms with E-state index in [1.165, 1.54) is 12.7 Å². The summed E-state index contributed by atoms with van der Waals surface area (Å²) < 4.78 is 5.07. The zero-order valence-corrected chi connectivity index (χ0v) is 14.7. The molecule has 5 nitrogen and oxygen atoms in total. The molecule has 0 unspecified atom stereocenters. The summed E-state index contributed by atoms with van der Waals surface area (Å²) in [6, 6.07) is 13.0. The fraction of sp³-hybridized carbons (Fsp3) is 0.263. The van der Waals surface area contributed by atoms with Crippen LogP contribution in [0.25, 0.3) is 0 Å². The second-order valence-electron chi connectivity index (χ2n) is 5.91. The summed E-state index contributed by atoms with van der Waals surface area (Å²) in [5, 5.41) is 3.10. The van der Waals surface area contributed by atoms with Crippen LogP contribution in [0.4, 0.5) is 5.69 Å². The Kier molecular flexibility index (Phi) is 5.24. The summed E-state index contributed by atoms with van der Waals surface area (Å²) in [5.41, 5.74) is 2.95. The van der Waals surface area contributed by atoms with Gasteiger partial charge in [0, 0.05) is 18.8 Å². The molecule has 0 aromatic heterocycles. The van der Waals surface area contributed by atoms with Crippen LogP contribution in [0.2, 0.25) is 5.02 Å². The Balaban J connectivity index is 1.58. The Bertz CT molecular complexity index is 807. The number of anilines is 1. The molecule has 0 saturated carbocycles. The molecule has 0 fully saturated rings. The number of carbonyl (C=O) groups is 2. The first-order chi connectivity index (χ1) is 12.1. The van der Waals surface area contributed by atoms with Crippen molar-refractivity contribution in [2.75, 3.05) is 19.0 Å². The zero-order chi connectivity index (χ0) is 17.8. The Morgan fingerprint density at radius 1 is 1.20 bits per heavy atom. The fourth-order valence-electron chi connectivity index (χ4n) is 2.91. The molecular weight excluding hydrogens is 340 g/mol. The number of ether oxygens (including phenoxy) is 1. The van der Waals surface area contributed by atoms with Gasteiger partial charge in [0.05, 0.1) is 12.1 Å². The molecule has 1 N–H and O–H groups in total. The zero-order valence-electron chi connectivity index (χ0n) is 13.9. The van der Waals surface area contributed by atoms with E-state index in [-0.39, 0.29) is 18.2 Å². The van der Waals surface area contributed by atoms with Gasteiger partial charge in [-0.2, -0.15) is 0 Å². The molecule has 3 rings (SSSR count). The molecule has 2 aromatic rings. The van der Waals surface area contributed by atoms with Crippen molar-refractivity contribution in [3.63, 3.8) is 0 Å². The normalized spacial score (nSPS) is 13.1. The second kappa shape index (κ2) is 7.57. The predicted molar refractivity (Wildman–Crippen MR) is 96.8 cm³/mol. The maximum Gasteiger partial charge on any atom is 0.233 e. The van der Waals surface area contributed by atoms with E-state index in [1.807, 2.05) is 18.2 Å². The SMILES string of the molecule is COc1ccc(NC(=O)CC(=O)N2CCc3ccccc3C2)cc1Cl. The van der Waals surface area contributed by atoms with Crippen LogP contribution in [0.5, 0.6) is 5.75 Å². The number of rotatable bonds is 4. The highest BCUT2D eigenvalue weighted by Crippen LogP contribution is 2.27. The monoisotopic (exact) mass is 358 g/mol.